The average molecular weight is 299 g/mol. The first-order valence-electron chi connectivity index (χ1n) is 7.24. The second-order valence-electron chi connectivity index (χ2n) is 5.16. The maximum atomic E-state index is 12.0. The summed E-state index contributed by atoms with van der Waals surface area (Å²) in [5.41, 5.74) is 1.09. The summed E-state index contributed by atoms with van der Waals surface area (Å²) in [5, 5.41) is 0. The molecule has 0 N–H and O–H groups in total. The van der Waals surface area contributed by atoms with Crippen molar-refractivity contribution in [2.45, 2.75) is 13.8 Å². The third-order valence-corrected chi connectivity index (χ3v) is 3.31. The molecule has 22 heavy (non-hydrogen) atoms. The molecule has 0 saturated heterocycles. The second kappa shape index (κ2) is 7.50. The maximum Gasteiger partial charge on any atom is 0.246 e. The highest BCUT2D eigenvalue weighted by Crippen LogP contribution is 2.15. The van der Waals surface area contributed by atoms with E-state index in [1.54, 1.807) is 18.0 Å². The summed E-state index contributed by atoms with van der Waals surface area (Å²) in [7, 11) is 1.75. The van der Waals surface area contributed by atoms with Crippen LogP contribution in [0.1, 0.15) is 17.1 Å². The van der Waals surface area contributed by atoms with Crippen LogP contribution in [0.15, 0.2) is 46.9 Å². The number of carbonyl (C=O) groups is 1. The van der Waals surface area contributed by atoms with Crippen LogP contribution in [0.4, 0.5) is 0 Å². The lowest BCUT2D eigenvalue weighted by atomic mass is 10.2. The van der Waals surface area contributed by atoms with Crippen LogP contribution in [-0.2, 0) is 4.79 Å². The Balaban J connectivity index is 1.79. The van der Waals surface area contributed by atoms with Crippen molar-refractivity contribution >= 4 is 12.0 Å². The van der Waals surface area contributed by atoms with E-state index in [4.69, 9.17) is 9.15 Å². The number of furan rings is 1. The molecule has 0 atom stereocenters. The van der Waals surface area contributed by atoms with Crippen LogP contribution < -0.4 is 4.74 Å². The van der Waals surface area contributed by atoms with Gasteiger partial charge in [-0.05, 0) is 43.7 Å². The Bertz CT molecular complexity index is 658. The molecule has 0 fully saturated rings. The number of ether oxygens (including phenoxy) is 1. The van der Waals surface area contributed by atoms with Gasteiger partial charge in [0.1, 0.15) is 23.9 Å². The Hall–Kier alpha value is -2.49. The Morgan fingerprint density at radius 1 is 1.23 bits per heavy atom. The lowest BCUT2D eigenvalue weighted by Crippen LogP contribution is -2.29. The standard InChI is InChI=1S/C18H21NO3/c1-14-6-4-5-7-17(14)21-13-12-19(3)18(20)11-10-16-9-8-15(2)22-16/h4-11H,12-13H2,1-3H3/b11-10+. The first-order chi connectivity index (χ1) is 10.6. The molecule has 0 spiro atoms. The largest absolute Gasteiger partial charge is 0.491 e. The van der Waals surface area contributed by atoms with Gasteiger partial charge >= 0.3 is 0 Å². The number of carbonyl (C=O) groups excluding carboxylic acids is 1. The Labute approximate surface area is 131 Å². The predicted octanol–water partition coefficient (Wildman–Crippen LogP) is 3.45. The molecule has 0 unspecified atom stereocenters. The van der Waals surface area contributed by atoms with Gasteiger partial charge in [-0.2, -0.15) is 0 Å². The molecule has 0 aliphatic carbocycles. The normalized spacial score (nSPS) is 10.9. The maximum absolute atomic E-state index is 12.0. The number of aryl methyl sites for hydroxylation is 2. The van der Waals surface area contributed by atoms with Crippen molar-refractivity contribution in [1.29, 1.82) is 0 Å². The van der Waals surface area contributed by atoms with E-state index in [2.05, 4.69) is 0 Å². The van der Waals surface area contributed by atoms with Crippen molar-refractivity contribution in [3.63, 3.8) is 0 Å². The van der Waals surface area contributed by atoms with Crippen LogP contribution >= 0.6 is 0 Å². The summed E-state index contributed by atoms with van der Waals surface area (Å²) in [6, 6.07) is 11.5. The molecule has 2 aromatic rings. The third-order valence-electron chi connectivity index (χ3n) is 3.31. The Morgan fingerprint density at radius 3 is 2.68 bits per heavy atom. The van der Waals surface area contributed by atoms with Gasteiger partial charge in [0.25, 0.3) is 0 Å². The molecule has 1 aromatic heterocycles. The van der Waals surface area contributed by atoms with Gasteiger partial charge in [-0.25, -0.2) is 0 Å². The van der Waals surface area contributed by atoms with Crippen molar-refractivity contribution in [3.8, 4) is 5.75 Å². The van der Waals surface area contributed by atoms with E-state index in [0.717, 1.165) is 17.1 Å². The minimum absolute atomic E-state index is 0.0811. The van der Waals surface area contributed by atoms with Crippen molar-refractivity contribution < 1.29 is 13.9 Å². The van der Waals surface area contributed by atoms with E-state index in [1.807, 2.05) is 50.2 Å². The number of nitrogens with zero attached hydrogens (tertiary/aromatic N) is 1. The molecule has 2 rings (SSSR count). The number of amides is 1. The first kappa shape index (κ1) is 15.9. The molecular formula is C18H21NO3. The minimum Gasteiger partial charge on any atom is -0.491 e. The zero-order chi connectivity index (χ0) is 15.9. The van der Waals surface area contributed by atoms with E-state index in [1.165, 1.54) is 6.08 Å². The zero-order valence-electron chi connectivity index (χ0n) is 13.2. The van der Waals surface area contributed by atoms with Crippen LogP contribution in [-0.4, -0.2) is 31.0 Å². The highest BCUT2D eigenvalue weighted by molar-refractivity contribution is 5.91. The number of benzene rings is 1. The van der Waals surface area contributed by atoms with Crippen LogP contribution in [0.2, 0.25) is 0 Å². The van der Waals surface area contributed by atoms with Gasteiger partial charge in [0, 0.05) is 13.1 Å². The molecule has 1 aromatic carbocycles. The fourth-order valence-electron chi connectivity index (χ4n) is 1.94. The first-order valence-corrected chi connectivity index (χ1v) is 7.24. The molecular weight excluding hydrogens is 278 g/mol. The summed E-state index contributed by atoms with van der Waals surface area (Å²) in [6.45, 7) is 4.85. The summed E-state index contributed by atoms with van der Waals surface area (Å²) < 4.78 is 11.1. The molecule has 4 heteroatoms. The lowest BCUT2D eigenvalue weighted by Gasteiger charge is -2.16. The monoisotopic (exact) mass is 299 g/mol. The highest BCUT2D eigenvalue weighted by Gasteiger charge is 2.06. The lowest BCUT2D eigenvalue weighted by molar-refractivity contribution is -0.125. The minimum atomic E-state index is -0.0811. The van der Waals surface area contributed by atoms with Crippen LogP contribution in [0, 0.1) is 13.8 Å². The number of para-hydroxylation sites is 1. The number of hydrogen-bond donors (Lipinski definition) is 0. The Morgan fingerprint density at radius 2 is 2.00 bits per heavy atom. The van der Waals surface area contributed by atoms with Gasteiger partial charge in [-0.1, -0.05) is 18.2 Å². The van der Waals surface area contributed by atoms with Crippen molar-refractivity contribution in [1.82, 2.24) is 4.90 Å². The van der Waals surface area contributed by atoms with Crippen molar-refractivity contribution in [2.75, 3.05) is 20.2 Å². The van der Waals surface area contributed by atoms with E-state index < -0.39 is 0 Å². The van der Waals surface area contributed by atoms with Crippen molar-refractivity contribution in [3.05, 3.63) is 59.6 Å². The van der Waals surface area contributed by atoms with Gasteiger partial charge in [-0.15, -0.1) is 0 Å². The molecule has 116 valence electrons. The molecule has 0 radical (unpaired) electrons. The van der Waals surface area contributed by atoms with Gasteiger partial charge < -0.3 is 14.1 Å². The van der Waals surface area contributed by atoms with Gasteiger partial charge in [0.05, 0.1) is 6.54 Å². The predicted molar refractivity (Wildman–Crippen MR) is 86.8 cm³/mol. The summed E-state index contributed by atoms with van der Waals surface area (Å²) in [4.78, 5) is 13.6. The molecule has 0 aliphatic rings. The molecule has 0 aliphatic heterocycles. The molecule has 1 heterocycles. The fourth-order valence-corrected chi connectivity index (χ4v) is 1.94. The summed E-state index contributed by atoms with van der Waals surface area (Å²) >= 11 is 0. The summed E-state index contributed by atoms with van der Waals surface area (Å²) in [5.74, 6) is 2.27. The molecule has 4 nitrogen and oxygen atoms in total. The Kier molecular flexibility index (Phi) is 5.42. The van der Waals surface area contributed by atoms with Gasteiger partial charge in [0.2, 0.25) is 5.91 Å². The van der Waals surface area contributed by atoms with E-state index in [-0.39, 0.29) is 5.91 Å². The number of hydrogen-bond acceptors (Lipinski definition) is 3. The average Bonchev–Trinajstić information content (AvgIpc) is 2.92. The highest BCUT2D eigenvalue weighted by atomic mass is 16.5. The van der Waals surface area contributed by atoms with E-state index in [0.29, 0.717) is 18.9 Å². The number of likely N-dealkylation sites (N-methyl/N-ethyl adjacent to an activating group) is 1. The van der Waals surface area contributed by atoms with Gasteiger partial charge in [0.15, 0.2) is 0 Å². The summed E-state index contributed by atoms with van der Waals surface area (Å²) in [6.07, 6.45) is 3.18. The SMILES string of the molecule is Cc1ccc(/C=C/C(=O)N(C)CCOc2ccccc2C)o1. The van der Waals surface area contributed by atoms with Gasteiger partial charge in [-0.3, -0.25) is 4.79 Å². The smallest absolute Gasteiger partial charge is 0.246 e. The molecule has 1 amide bonds. The van der Waals surface area contributed by atoms with Crippen LogP contribution in [0.3, 0.4) is 0 Å². The second-order valence-corrected chi connectivity index (χ2v) is 5.16. The van der Waals surface area contributed by atoms with Crippen LogP contribution in [0.25, 0.3) is 6.08 Å². The van der Waals surface area contributed by atoms with Crippen LogP contribution in [0.5, 0.6) is 5.75 Å². The van der Waals surface area contributed by atoms with E-state index >= 15 is 0 Å². The number of rotatable bonds is 6. The topological polar surface area (TPSA) is 42.7 Å². The fraction of sp³-hybridized carbons (Fsp3) is 0.278. The molecule has 0 saturated carbocycles. The van der Waals surface area contributed by atoms with E-state index in [9.17, 15) is 4.79 Å². The molecule has 0 bridgehead atoms. The van der Waals surface area contributed by atoms with Crippen molar-refractivity contribution in [2.24, 2.45) is 0 Å². The zero-order valence-corrected chi connectivity index (χ0v) is 13.2. The third kappa shape index (κ3) is 4.52. The quantitative estimate of drug-likeness (QED) is 0.767.